The second-order valence-electron chi connectivity index (χ2n) is 5.66. The van der Waals surface area contributed by atoms with E-state index in [0.717, 1.165) is 28.0 Å². The maximum absolute atomic E-state index is 12.5. The van der Waals surface area contributed by atoms with Crippen LogP contribution in [0.1, 0.15) is 10.4 Å². The minimum atomic E-state index is -0.168. The van der Waals surface area contributed by atoms with E-state index in [1.54, 1.807) is 12.3 Å². The Morgan fingerprint density at radius 3 is 2.32 bits per heavy atom. The third kappa shape index (κ3) is 3.21. The van der Waals surface area contributed by atoms with E-state index in [0.29, 0.717) is 5.56 Å². The van der Waals surface area contributed by atoms with Crippen molar-refractivity contribution >= 4 is 33.9 Å². The Hall–Kier alpha value is -3.60. The molecule has 5 heteroatoms. The topological polar surface area (TPSA) is 69.8 Å². The van der Waals surface area contributed by atoms with Crippen molar-refractivity contribution in [1.82, 2.24) is 10.2 Å². The molecule has 0 radical (unpaired) electrons. The van der Waals surface area contributed by atoms with Crippen LogP contribution in [0.3, 0.4) is 0 Å². The van der Waals surface area contributed by atoms with E-state index in [1.807, 2.05) is 66.7 Å². The van der Waals surface area contributed by atoms with E-state index in [1.165, 1.54) is 0 Å². The highest BCUT2D eigenvalue weighted by atomic mass is 16.1. The van der Waals surface area contributed by atoms with Crippen molar-refractivity contribution in [2.24, 2.45) is 0 Å². The molecule has 3 aromatic carbocycles. The summed E-state index contributed by atoms with van der Waals surface area (Å²) >= 11 is 0. The zero-order valence-corrected chi connectivity index (χ0v) is 13.4. The SMILES string of the molecule is O=C(Nc1ccc(Nc2ccccc2)cc1)c1cccc2cn[nH]c12. The molecule has 1 amide bonds. The molecule has 0 fully saturated rings. The second-order valence-corrected chi connectivity index (χ2v) is 5.66. The average Bonchev–Trinajstić information content (AvgIpc) is 3.13. The number of aromatic nitrogens is 2. The zero-order valence-electron chi connectivity index (χ0n) is 13.4. The Labute approximate surface area is 144 Å². The van der Waals surface area contributed by atoms with Crippen LogP contribution in [-0.2, 0) is 0 Å². The van der Waals surface area contributed by atoms with Crippen LogP contribution in [0.25, 0.3) is 10.9 Å². The monoisotopic (exact) mass is 328 g/mol. The van der Waals surface area contributed by atoms with E-state index in [4.69, 9.17) is 0 Å². The Morgan fingerprint density at radius 2 is 1.52 bits per heavy atom. The number of amides is 1. The van der Waals surface area contributed by atoms with Gasteiger partial charge in [0.05, 0.1) is 17.3 Å². The fraction of sp³-hybridized carbons (Fsp3) is 0. The summed E-state index contributed by atoms with van der Waals surface area (Å²) in [6, 6.07) is 23.1. The van der Waals surface area contributed by atoms with Crippen LogP contribution in [-0.4, -0.2) is 16.1 Å². The molecule has 0 saturated heterocycles. The standard InChI is InChI=1S/C20H16N4O/c25-20(18-8-4-5-14-13-21-24-19(14)18)23-17-11-9-16(10-12-17)22-15-6-2-1-3-7-15/h1-13,22H,(H,21,24)(H,23,25). The molecule has 0 saturated carbocycles. The van der Waals surface area contributed by atoms with Gasteiger partial charge in [0.25, 0.3) is 5.91 Å². The molecular weight excluding hydrogens is 312 g/mol. The van der Waals surface area contributed by atoms with E-state index < -0.39 is 0 Å². The molecule has 5 nitrogen and oxygen atoms in total. The van der Waals surface area contributed by atoms with Crippen LogP contribution in [0.4, 0.5) is 17.1 Å². The van der Waals surface area contributed by atoms with E-state index >= 15 is 0 Å². The maximum atomic E-state index is 12.5. The molecule has 1 aromatic heterocycles. The van der Waals surface area contributed by atoms with Gasteiger partial charge < -0.3 is 10.6 Å². The second kappa shape index (κ2) is 6.49. The van der Waals surface area contributed by atoms with Gasteiger partial charge in [-0.1, -0.05) is 30.3 Å². The van der Waals surface area contributed by atoms with Gasteiger partial charge in [-0.05, 0) is 42.5 Å². The lowest BCUT2D eigenvalue weighted by molar-refractivity contribution is 0.102. The molecule has 0 bridgehead atoms. The maximum Gasteiger partial charge on any atom is 0.257 e. The first kappa shape index (κ1) is 15.0. The summed E-state index contributed by atoms with van der Waals surface area (Å²) in [6.45, 7) is 0. The lowest BCUT2D eigenvalue weighted by Gasteiger charge is -2.09. The first-order valence-corrected chi connectivity index (χ1v) is 7.95. The molecule has 25 heavy (non-hydrogen) atoms. The van der Waals surface area contributed by atoms with Gasteiger partial charge in [-0.3, -0.25) is 9.89 Å². The van der Waals surface area contributed by atoms with Crippen LogP contribution in [0.15, 0.2) is 79.0 Å². The summed E-state index contributed by atoms with van der Waals surface area (Å²) in [7, 11) is 0. The van der Waals surface area contributed by atoms with Crippen molar-refractivity contribution < 1.29 is 4.79 Å². The summed E-state index contributed by atoms with van der Waals surface area (Å²) in [6.07, 6.45) is 1.70. The summed E-state index contributed by atoms with van der Waals surface area (Å²) < 4.78 is 0. The molecule has 0 unspecified atom stereocenters. The highest BCUT2D eigenvalue weighted by Gasteiger charge is 2.11. The number of anilines is 3. The third-order valence-electron chi connectivity index (χ3n) is 3.93. The lowest BCUT2D eigenvalue weighted by atomic mass is 10.1. The number of hydrogen-bond acceptors (Lipinski definition) is 3. The number of fused-ring (bicyclic) bond motifs is 1. The van der Waals surface area contributed by atoms with Crippen molar-refractivity contribution in [3.05, 3.63) is 84.6 Å². The number of carbonyl (C=O) groups is 1. The smallest absolute Gasteiger partial charge is 0.257 e. The van der Waals surface area contributed by atoms with Crippen LogP contribution in [0.5, 0.6) is 0 Å². The van der Waals surface area contributed by atoms with Crippen molar-refractivity contribution in [3.8, 4) is 0 Å². The molecule has 4 rings (SSSR count). The molecule has 0 aliphatic carbocycles. The fourth-order valence-corrected chi connectivity index (χ4v) is 2.68. The quantitative estimate of drug-likeness (QED) is 0.514. The number of rotatable bonds is 4. The molecule has 0 atom stereocenters. The first-order valence-electron chi connectivity index (χ1n) is 7.95. The van der Waals surface area contributed by atoms with Gasteiger partial charge in [-0.25, -0.2) is 0 Å². The van der Waals surface area contributed by atoms with Crippen molar-refractivity contribution in [3.63, 3.8) is 0 Å². The number of para-hydroxylation sites is 2. The molecule has 1 heterocycles. The molecule has 0 aliphatic heterocycles. The highest BCUT2D eigenvalue weighted by molar-refractivity contribution is 6.11. The van der Waals surface area contributed by atoms with E-state index in [2.05, 4.69) is 20.8 Å². The van der Waals surface area contributed by atoms with Gasteiger partial charge in [0, 0.05) is 22.4 Å². The van der Waals surface area contributed by atoms with Crippen molar-refractivity contribution in [2.45, 2.75) is 0 Å². The van der Waals surface area contributed by atoms with E-state index in [-0.39, 0.29) is 5.91 Å². The number of hydrogen-bond donors (Lipinski definition) is 3. The number of H-pyrrole nitrogens is 1. The van der Waals surface area contributed by atoms with Gasteiger partial charge >= 0.3 is 0 Å². The normalized spacial score (nSPS) is 10.6. The summed E-state index contributed by atoms with van der Waals surface area (Å²) in [5.41, 5.74) is 4.02. The van der Waals surface area contributed by atoms with Crippen molar-refractivity contribution in [2.75, 3.05) is 10.6 Å². The zero-order chi connectivity index (χ0) is 17.1. The van der Waals surface area contributed by atoms with Gasteiger partial charge in [-0.2, -0.15) is 5.10 Å². The molecule has 3 N–H and O–H groups in total. The molecular formula is C20H16N4O. The predicted molar refractivity (Wildman–Crippen MR) is 100 cm³/mol. The number of nitrogens with zero attached hydrogens (tertiary/aromatic N) is 1. The Kier molecular flexibility index (Phi) is 3.88. The lowest BCUT2D eigenvalue weighted by Crippen LogP contribution is -2.12. The van der Waals surface area contributed by atoms with Crippen LogP contribution in [0, 0.1) is 0 Å². The highest BCUT2D eigenvalue weighted by Crippen LogP contribution is 2.20. The average molecular weight is 328 g/mol. The number of carbonyl (C=O) groups excluding carboxylic acids is 1. The summed E-state index contributed by atoms with van der Waals surface area (Å²) in [5.74, 6) is -0.168. The Balaban J connectivity index is 1.49. The summed E-state index contributed by atoms with van der Waals surface area (Å²) in [4.78, 5) is 12.5. The van der Waals surface area contributed by atoms with Crippen LogP contribution >= 0.6 is 0 Å². The first-order chi connectivity index (χ1) is 12.3. The Morgan fingerprint density at radius 1 is 0.800 bits per heavy atom. The number of nitrogens with one attached hydrogen (secondary N) is 3. The van der Waals surface area contributed by atoms with Crippen LogP contribution in [0.2, 0.25) is 0 Å². The molecule has 122 valence electrons. The van der Waals surface area contributed by atoms with Gasteiger partial charge in [0.15, 0.2) is 0 Å². The molecule has 4 aromatic rings. The fourth-order valence-electron chi connectivity index (χ4n) is 2.68. The van der Waals surface area contributed by atoms with E-state index in [9.17, 15) is 4.79 Å². The van der Waals surface area contributed by atoms with Gasteiger partial charge in [-0.15, -0.1) is 0 Å². The minimum absolute atomic E-state index is 0.168. The predicted octanol–water partition coefficient (Wildman–Crippen LogP) is 4.56. The van der Waals surface area contributed by atoms with Crippen LogP contribution < -0.4 is 10.6 Å². The number of aromatic amines is 1. The largest absolute Gasteiger partial charge is 0.356 e. The third-order valence-corrected chi connectivity index (χ3v) is 3.93. The molecule has 0 spiro atoms. The van der Waals surface area contributed by atoms with Gasteiger partial charge in [0.1, 0.15) is 0 Å². The summed E-state index contributed by atoms with van der Waals surface area (Å²) in [5, 5.41) is 14.0. The number of benzene rings is 3. The Bertz CT molecular complexity index is 1010. The van der Waals surface area contributed by atoms with Gasteiger partial charge in [0.2, 0.25) is 0 Å². The van der Waals surface area contributed by atoms with Crippen molar-refractivity contribution in [1.29, 1.82) is 0 Å². The minimum Gasteiger partial charge on any atom is -0.356 e. The molecule has 0 aliphatic rings.